The van der Waals surface area contributed by atoms with Crippen LogP contribution in [-0.4, -0.2) is 16.3 Å². The molecule has 0 amide bonds. The normalized spacial score (nSPS) is 14.2. The number of nitrogens with zero attached hydrogens (tertiary/aromatic N) is 2. The van der Waals surface area contributed by atoms with Gasteiger partial charge in [0.2, 0.25) is 0 Å². The highest BCUT2D eigenvalue weighted by molar-refractivity contribution is 9.10. The Bertz CT molecular complexity index is 649. The van der Waals surface area contributed by atoms with Gasteiger partial charge in [0.05, 0.1) is 12.2 Å². The molecule has 0 fully saturated rings. The zero-order chi connectivity index (χ0) is 13.2. The molecule has 0 bridgehead atoms. The van der Waals surface area contributed by atoms with Crippen molar-refractivity contribution in [1.82, 2.24) is 15.1 Å². The van der Waals surface area contributed by atoms with Crippen LogP contribution in [0.4, 0.5) is 0 Å². The van der Waals surface area contributed by atoms with Crippen molar-refractivity contribution in [3.8, 4) is 0 Å². The zero-order valence-corrected chi connectivity index (χ0v) is 12.0. The molecule has 98 valence electrons. The number of rotatable bonds is 2. The zero-order valence-electron chi connectivity index (χ0n) is 10.4. The van der Waals surface area contributed by atoms with E-state index in [4.69, 9.17) is 0 Å². The second-order valence-corrected chi connectivity index (χ2v) is 5.58. The van der Waals surface area contributed by atoms with Crippen LogP contribution in [0.2, 0.25) is 0 Å². The molecule has 0 aliphatic carbocycles. The van der Waals surface area contributed by atoms with Gasteiger partial charge in [0.15, 0.2) is 0 Å². The van der Waals surface area contributed by atoms with Crippen LogP contribution in [0.25, 0.3) is 0 Å². The van der Waals surface area contributed by atoms with E-state index in [0.717, 1.165) is 40.8 Å². The number of benzene rings is 1. The maximum absolute atomic E-state index is 12.0. The van der Waals surface area contributed by atoms with Gasteiger partial charge in [0.1, 0.15) is 0 Å². The van der Waals surface area contributed by atoms with E-state index in [2.05, 4.69) is 26.3 Å². The van der Waals surface area contributed by atoms with E-state index in [9.17, 15) is 4.79 Å². The molecule has 1 aliphatic rings. The fraction of sp³-hybridized carbons (Fsp3) is 0.286. The quantitative estimate of drug-likeness (QED) is 0.916. The summed E-state index contributed by atoms with van der Waals surface area (Å²) >= 11 is 3.40. The molecule has 0 atom stereocenters. The third-order valence-electron chi connectivity index (χ3n) is 3.26. The second kappa shape index (κ2) is 5.27. The summed E-state index contributed by atoms with van der Waals surface area (Å²) in [4.78, 5) is 12.0. The van der Waals surface area contributed by atoms with E-state index < -0.39 is 0 Å². The molecule has 0 saturated heterocycles. The van der Waals surface area contributed by atoms with Crippen LogP contribution in [-0.2, 0) is 19.5 Å². The number of halogens is 1. The molecule has 2 aromatic rings. The van der Waals surface area contributed by atoms with Crippen LogP contribution >= 0.6 is 15.9 Å². The highest BCUT2D eigenvalue weighted by atomic mass is 79.9. The van der Waals surface area contributed by atoms with Crippen LogP contribution in [0.3, 0.4) is 0 Å². The van der Waals surface area contributed by atoms with E-state index in [0.29, 0.717) is 6.54 Å². The average Bonchev–Trinajstić information content (AvgIpc) is 2.42. The van der Waals surface area contributed by atoms with Gasteiger partial charge < -0.3 is 5.32 Å². The molecule has 0 radical (unpaired) electrons. The van der Waals surface area contributed by atoms with Gasteiger partial charge in [-0.05, 0) is 23.3 Å². The predicted molar refractivity (Wildman–Crippen MR) is 77.2 cm³/mol. The predicted octanol–water partition coefficient (Wildman–Crippen LogP) is 1.70. The lowest BCUT2D eigenvalue weighted by atomic mass is 10.1. The van der Waals surface area contributed by atoms with Crippen molar-refractivity contribution >= 4 is 15.9 Å². The van der Waals surface area contributed by atoms with Crippen molar-refractivity contribution < 1.29 is 0 Å². The average molecular weight is 320 g/mol. The van der Waals surface area contributed by atoms with Crippen LogP contribution in [0.15, 0.2) is 39.6 Å². The van der Waals surface area contributed by atoms with Gasteiger partial charge in [-0.1, -0.05) is 28.1 Å². The van der Waals surface area contributed by atoms with Gasteiger partial charge in [0, 0.05) is 30.0 Å². The minimum atomic E-state index is -0.0367. The summed E-state index contributed by atoms with van der Waals surface area (Å²) in [7, 11) is 0. The van der Waals surface area contributed by atoms with Gasteiger partial charge in [-0.2, -0.15) is 5.10 Å². The smallest absolute Gasteiger partial charge is 0.267 e. The van der Waals surface area contributed by atoms with Gasteiger partial charge >= 0.3 is 0 Å². The summed E-state index contributed by atoms with van der Waals surface area (Å²) in [5.41, 5.74) is 3.11. The first-order valence-electron chi connectivity index (χ1n) is 6.27. The molecule has 19 heavy (non-hydrogen) atoms. The van der Waals surface area contributed by atoms with Gasteiger partial charge in [-0.3, -0.25) is 4.79 Å². The minimum Gasteiger partial charge on any atom is -0.312 e. The van der Waals surface area contributed by atoms with E-state index in [1.54, 1.807) is 10.7 Å². The first-order valence-corrected chi connectivity index (χ1v) is 7.07. The number of nitrogens with one attached hydrogen (secondary N) is 1. The first kappa shape index (κ1) is 12.6. The third kappa shape index (κ3) is 2.77. The largest absolute Gasteiger partial charge is 0.312 e. The van der Waals surface area contributed by atoms with Crippen molar-refractivity contribution in [1.29, 1.82) is 0 Å². The molecule has 0 unspecified atom stereocenters. The molecule has 0 saturated carbocycles. The van der Waals surface area contributed by atoms with Crippen molar-refractivity contribution in [2.24, 2.45) is 0 Å². The maximum Gasteiger partial charge on any atom is 0.267 e. The summed E-state index contributed by atoms with van der Waals surface area (Å²) in [6.45, 7) is 2.19. The Hall–Kier alpha value is -1.46. The van der Waals surface area contributed by atoms with Gasteiger partial charge in [0.25, 0.3) is 5.56 Å². The Morgan fingerprint density at radius 1 is 1.32 bits per heavy atom. The van der Waals surface area contributed by atoms with Crippen LogP contribution in [0.1, 0.15) is 16.8 Å². The summed E-state index contributed by atoms with van der Waals surface area (Å²) in [6, 6.07) is 9.65. The van der Waals surface area contributed by atoms with Crippen molar-refractivity contribution in [2.75, 3.05) is 6.54 Å². The Kier molecular flexibility index (Phi) is 3.48. The second-order valence-electron chi connectivity index (χ2n) is 4.67. The van der Waals surface area contributed by atoms with Crippen molar-refractivity contribution in [3.63, 3.8) is 0 Å². The number of aromatic nitrogens is 2. The highest BCUT2D eigenvalue weighted by Crippen LogP contribution is 2.12. The molecular weight excluding hydrogens is 306 g/mol. The Labute approximate surface area is 119 Å². The lowest BCUT2D eigenvalue weighted by Gasteiger charge is -2.17. The summed E-state index contributed by atoms with van der Waals surface area (Å²) < 4.78 is 2.58. The maximum atomic E-state index is 12.0. The van der Waals surface area contributed by atoms with Crippen molar-refractivity contribution in [3.05, 3.63) is 62.0 Å². The Morgan fingerprint density at radius 2 is 2.11 bits per heavy atom. The van der Waals surface area contributed by atoms with E-state index >= 15 is 0 Å². The van der Waals surface area contributed by atoms with Crippen LogP contribution in [0, 0.1) is 0 Å². The molecule has 5 heteroatoms. The van der Waals surface area contributed by atoms with Crippen LogP contribution < -0.4 is 10.9 Å². The van der Waals surface area contributed by atoms with Gasteiger partial charge in [-0.15, -0.1) is 0 Å². The summed E-state index contributed by atoms with van der Waals surface area (Å²) in [5, 5.41) is 7.73. The molecule has 1 aromatic heterocycles. The Balaban J connectivity index is 1.92. The highest BCUT2D eigenvalue weighted by Gasteiger charge is 2.12. The third-order valence-corrected chi connectivity index (χ3v) is 3.79. The molecule has 1 aromatic carbocycles. The first-order chi connectivity index (χ1) is 9.22. The monoisotopic (exact) mass is 319 g/mol. The van der Waals surface area contributed by atoms with Gasteiger partial charge in [-0.25, -0.2) is 4.68 Å². The molecule has 4 nitrogen and oxygen atoms in total. The fourth-order valence-electron chi connectivity index (χ4n) is 2.24. The molecule has 2 heterocycles. The molecule has 1 N–H and O–H groups in total. The van der Waals surface area contributed by atoms with E-state index in [1.807, 2.05) is 24.3 Å². The molecule has 3 rings (SSSR count). The lowest BCUT2D eigenvalue weighted by molar-refractivity contribution is 0.562. The van der Waals surface area contributed by atoms with Crippen LogP contribution in [0.5, 0.6) is 0 Å². The number of fused-ring (bicyclic) bond motifs is 1. The lowest BCUT2D eigenvalue weighted by Crippen LogP contribution is -2.31. The SMILES string of the molecule is O=c1cc2c(nn1Cc1ccc(Br)cc1)CCNC2. The number of hydrogen-bond acceptors (Lipinski definition) is 3. The standard InChI is InChI=1S/C14H14BrN3O/c15-12-3-1-10(2-4-12)9-18-14(19)7-11-8-16-6-5-13(11)17-18/h1-4,7,16H,5-6,8-9H2. The Morgan fingerprint density at radius 3 is 2.89 bits per heavy atom. The van der Waals surface area contributed by atoms with E-state index in [-0.39, 0.29) is 5.56 Å². The summed E-state index contributed by atoms with van der Waals surface area (Å²) in [5.74, 6) is 0. The minimum absolute atomic E-state index is 0.0367. The summed E-state index contributed by atoms with van der Waals surface area (Å²) in [6.07, 6.45) is 0.885. The fourth-order valence-corrected chi connectivity index (χ4v) is 2.50. The molecule has 0 spiro atoms. The molecule has 1 aliphatic heterocycles. The topological polar surface area (TPSA) is 46.9 Å². The number of hydrogen-bond donors (Lipinski definition) is 1. The van der Waals surface area contributed by atoms with Crippen molar-refractivity contribution in [2.45, 2.75) is 19.5 Å². The molecular formula is C14H14BrN3O. The van der Waals surface area contributed by atoms with E-state index in [1.165, 1.54) is 0 Å².